The number of benzene rings is 1. The molecule has 25 heavy (non-hydrogen) atoms. The summed E-state index contributed by atoms with van der Waals surface area (Å²) in [7, 11) is 1.69. The Morgan fingerprint density at radius 1 is 1.16 bits per heavy atom. The van der Waals surface area contributed by atoms with Crippen LogP contribution in [-0.4, -0.2) is 46.0 Å². The maximum Gasteiger partial charge on any atom is 0.258 e. The summed E-state index contributed by atoms with van der Waals surface area (Å²) in [5.74, 6) is -0.229. The van der Waals surface area contributed by atoms with Gasteiger partial charge in [-0.3, -0.25) is 9.59 Å². The molecule has 126 valence electrons. The van der Waals surface area contributed by atoms with Crippen LogP contribution in [0.3, 0.4) is 0 Å². The first kappa shape index (κ1) is 15.4. The van der Waals surface area contributed by atoms with Gasteiger partial charge in [0.1, 0.15) is 6.04 Å². The highest BCUT2D eigenvalue weighted by molar-refractivity contribution is 6.06. The van der Waals surface area contributed by atoms with Gasteiger partial charge in [0.15, 0.2) is 0 Å². The molecule has 4 rings (SSSR count). The summed E-state index contributed by atoms with van der Waals surface area (Å²) in [6.45, 7) is 0.611. The number of fused-ring (bicyclic) bond motifs is 1. The Hall–Kier alpha value is -3.15. The lowest BCUT2D eigenvalue weighted by atomic mass is 10.1. The van der Waals surface area contributed by atoms with Crippen LogP contribution in [0, 0.1) is 0 Å². The van der Waals surface area contributed by atoms with Gasteiger partial charge in [0, 0.05) is 25.5 Å². The second-order valence-electron chi connectivity index (χ2n) is 6.13. The smallest absolute Gasteiger partial charge is 0.258 e. The number of hydrogen-bond donors (Lipinski definition) is 0. The highest BCUT2D eigenvalue weighted by Gasteiger charge is 2.37. The number of likely N-dealkylation sites (N-methyl/N-ethyl adjacent to an activating group) is 1. The molecule has 1 saturated heterocycles. The topological polar surface area (TPSA) is 57.9 Å². The van der Waals surface area contributed by atoms with Gasteiger partial charge in [-0.2, -0.15) is 5.10 Å². The Labute approximate surface area is 145 Å². The van der Waals surface area contributed by atoms with Crippen molar-refractivity contribution in [3.63, 3.8) is 0 Å². The number of carbonyl (C=O) groups is 2. The normalized spacial score (nSPS) is 17.2. The minimum Gasteiger partial charge on any atom is -0.329 e. The summed E-state index contributed by atoms with van der Waals surface area (Å²) < 4.78 is 1.66. The highest BCUT2D eigenvalue weighted by atomic mass is 16.2. The molecule has 3 aromatic rings. The lowest BCUT2D eigenvalue weighted by molar-refractivity contribution is -0.120. The van der Waals surface area contributed by atoms with Crippen molar-refractivity contribution in [1.82, 2.24) is 14.5 Å². The average Bonchev–Trinajstić information content (AvgIpc) is 3.25. The summed E-state index contributed by atoms with van der Waals surface area (Å²) in [4.78, 5) is 29.0. The van der Waals surface area contributed by atoms with Crippen LogP contribution in [0.1, 0.15) is 16.8 Å². The number of pyridine rings is 1. The predicted octanol–water partition coefficient (Wildman–Crippen LogP) is 2.21. The van der Waals surface area contributed by atoms with Gasteiger partial charge in [0.2, 0.25) is 5.91 Å². The van der Waals surface area contributed by atoms with Crippen molar-refractivity contribution in [2.24, 2.45) is 0 Å². The standard InChI is InChI=1S/C19H18N4O2/c1-21(18(24)15-13-20-23-11-6-5-9-16(15)23)17-10-12-22(19(17)25)14-7-3-2-4-8-14/h2-9,11,13,17H,10,12H2,1H3/t17-/m1/s1. The van der Waals surface area contributed by atoms with Crippen molar-refractivity contribution in [3.05, 3.63) is 66.5 Å². The van der Waals surface area contributed by atoms with Crippen molar-refractivity contribution < 1.29 is 9.59 Å². The van der Waals surface area contributed by atoms with E-state index >= 15 is 0 Å². The molecule has 0 radical (unpaired) electrons. The maximum absolute atomic E-state index is 12.9. The number of aromatic nitrogens is 2. The van der Waals surface area contributed by atoms with Crippen molar-refractivity contribution in [1.29, 1.82) is 0 Å². The van der Waals surface area contributed by atoms with Gasteiger partial charge < -0.3 is 9.80 Å². The average molecular weight is 334 g/mol. The summed E-state index contributed by atoms with van der Waals surface area (Å²) in [5.41, 5.74) is 2.12. The van der Waals surface area contributed by atoms with Gasteiger partial charge in [-0.05, 0) is 30.7 Å². The van der Waals surface area contributed by atoms with Crippen LogP contribution < -0.4 is 4.90 Å². The lowest BCUT2D eigenvalue weighted by Gasteiger charge is -2.23. The molecule has 0 N–H and O–H groups in total. The summed E-state index contributed by atoms with van der Waals surface area (Å²) in [6, 6.07) is 14.7. The third-order valence-electron chi connectivity index (χ3n) is 4.69. The van der Waals surface area contributed by atoms with E-state index in [1.807, 2.05) is 48.5 Å². The van der Waals surface area contributed by atoms with Crippen LogP contribution in [0.25, 0.3) is 5.52 Å². The van der Waals surface area contributed by atoms with Crippen LogP contribution in [0.15, 0.2) is 60.9 Å². The van der Waals surface area contributed by atoms with Crippen LogP contribution in [0.2, 0.25) is 0 Å². The van der Waals surface area contributed by atoms with E-state index in [4.69, 9.17) is 0 Å². The van der Waals surface area contributed by atoms with Gasteiger partial charge in [0.25, 0.3) is 5.91 Å². The van der Waals surface area contributed by atoms with E-state index in [0.29, 0.717) is 18.5 Å². The molecular formula is C19H18N4O2. The monoisotopic (exact) mass is 334 g/mol. The van der Waals surface area contributed by atoms with E-state index < -0.39 is 6.04 Å². The molecule has 3 heterocycles. The zero-order valence-electron chi connectivity index (χ0n) is 13.9. The van der Waals surface area contributed by atoms with Gasteiger partial charge in [0.05, 0.1) is 17.3 Å². The van der Waals surface area contributed by atoms with E-state index in [1.54, 1.807) is 28.9 Å². The van der Waals surface area contributed by atoms with E-state index in [9.17, 15) is 9.59 Å². The molecule has 0 unspecified atom stereocenters. The fourth-order valence-electron chi connectivity index (χ4n) is 3.32. The Morgan fingerprint density at radius 3 is 2.72 bits per heavy atom. The molecule has 6 nitrogen and oxygen atoms in total. The summed E-state index contributed by atoms with van der Waals surface area (Å²) >= 11 is 0. The summed E-state index contributed by atoms with van der Waals surface area (Å²) in [6.07, 6.45) is 3.97. The fourth-order valence-corrected chi connectivity index (χ4v) is 3.32. The van der Waals surface area contributed by atoms with Gasteiger partial charge >= 0.3 is 0 Å². The van der Waals surface area contributed by atoms with Gasteiger partial charge in [-0.15, -0.1) is 0 Å². The molecule has 2 aromatic heterocycles. The number of hydrogen-bond acceptors (Lipinski definition) is 3. The molecular weight excluding hydrogens is 316 g/mol. The molecule has 1 aromatic carbocycles. The van der Waals surface area contributed by atoms with Crippen molar-refractivity contribution >= 4 is 23.0 Å². The molecule has 0 spiro atoms. The molecule has 1 aliphatic heterocycles. The number of carbonyl (C=O) groups excluding carboxylic acids is 2. The molecule has 1 aliphatic rings. The van der Waals surface area contributed by atoms with Gasteiger partial charge in [-0.1, -0.05) is 24.3 Å². The minimum atomic E-state index is -0.452. The van der Waals surface area contributed by atoms with E-state index in [1.165, 1.54) is 4.90 Å². The van der Waals surface area contributed by atoms with Crippen molar-refractivity contribution in [2.45, 2.75) is 12.5 Å². The van der Waals surface area contributed by atoms with E-state index in [2.05, 4.69) is 5.10 Å². The predicted molar refractivity (Wildman–Crippen MR) is 94.5 cm³/mol. The van der Waals surface area contributed by atoms with E-state index in [0.717, 1.165) is 11.2 Å². The third-order valence-corrected chi connectivity index (χ3v) is 4.69. The number of nitrogens with zero attached hydrogens (tertiary/aromatic N) is 4. The molecule has 1 atom stereocenters. The Morgan fingerprint density at radius 2 is 1.92 bits per heavy atom. The highest BCUT2D eigenvalue weighted by Crippen LogP contribution is 2.25. The molecule has 0 bridgehead atoms. The van der Waals surface area contributed by atoms with Crippen molar-refractivity contribution in [2.75, 3.05) is 18.5 Å². The lowest BCUT2D eigenvalue weighted by Crippen LogP contribution is -2.43. The van der Waals surface area contributed by atoms with Gasteiger partial charge in [-0.25, -0.2) is 4.52 Å². The number of para-hydroxylation sites is 1. The van der Waals surface area contributed by atoms with Crippen LogP contribution >= 0.6 is 0 Å². The number of anilines is 1. The van der Waals surface area contributed by atoms with Crippen LogP contribution in [0.5, 0.6) is 0 Å². The van der Waals surface area contributed by atoms with E-state index in [-0.39, 0.29) is 11.8 Å². The third kappa shape index (κ3) is 2.55. The minimum absolute atomic E-state index is 0.0430. The first-order valence-electron chi connectivity index (χ1n) is 8.23. The quantitative estimate of drug-likeness (QED) is 0.738. The molecule has 0 aliphatic carbocycles. The molecule has 1 fully saturated rings. The molecule has 2 amide bonds. The number of rotatable bonds is 3. The summed E-state index contributed by atoms with van der Waals surface area (Å²) in [5, 5.41) is 4.20. The Bertz CT molecular complexity index is 935. The van der Waals surface area contributed by atoms with Crippen LogP contribution in [-0.2, 0) is 4.79 Å². The first-order chi connectivity index (χ1) is 12.2. The largest absolute Gasteiger partial charge is 0.329 e. The molecule has 6 heteroatoms. The zero-order chi connectivity index (χ0) is 17.4. The molecule has 0 saturated carbocycles. The Kier molecular flexibility index (Phi) is 3.72. The second-order valence-corrected chi connectivity index (χ2v) is 6.13. The number of amides is 2. The SMILES string of the molecule is CN(C(=O)c1cnn2ccccc12)[C@@H]1CCN(c2ccccc2)C1=O. The van der Waals surface area contributed by atoms with Crippen molar-refractivity contribution in [3.8, 4) is 0 Å². The second kappa shape index (κ2) is 6.05. The first-order valence-corrected chi connectivity index (χ1v) is 8.23. The van der Waals surface area contributed by atoms with Crippen LogP contribution in [0.4, 0.5) is 5.69 Å². The Balaban J connectivity index is 1.58. The fraction of sp³-hybridized carbons (Fsp3) is 0.211. The zero-order valence-corrected chi connectivity index (χ0v) is 13.9. The maximum atomic E-state index is 12.9.